The summed E-state index contributed by atoms with van der Waals surface area (Å²) >= 11 is 0. The number of aromatic nitrogens is 3. The number of urea groups is 1. The van der Waals surface area contributed by atoms with Crippen molar-refractivity contribution >= 4 is 11.8 Å². The van der Waals surface area contributed by atoms with Crippen molar-refractivity contribution in [3.05, 3.63) is 42.4 Å². The zero-order valence-corrected chi connectivity index (χ0v) is 12.2. The van der Waals surface area contributed by atoms with Crippen LogP contribution in [0.15, 0.2) is 36.7 Å². The Hall–Kier alpha value is -2.41. The molecule has 0 radical (unpaired) electrons. The van der Waals surface area contributed by atoms with Gasteiger partial charge in [0, 0.05) is 18.8 Å². The van der Waals surface area contributed by atoms with E-state index in [0.717, 1.165) is 18.5 Å². The van der Waals surface area contributed by atoms with E-state index >= 15 is 0 Å². The van der Waals surface area contributed by atoms with Gasteiger partial charge < -0.3 is 10.0 Å². The highest BCUT2D eigenvalue weighted by Crippen LogP contribution is 2.18. The first-order valence-corrected chi connectivity index (χ1v) is 7.38. The van der Waals surface area contributed by atoms with Crippen molar-refractivity contribution in [3.63, 3.8) is 0 Å². The van der Waals surface area contributed by atoms with E-state index in [-0.39, 0.29) is 18.7 Å². The fourth-order valence-corrected chi connectivity index (χ4v) is 2.68. The lowest BCUT2D eigenvalue weighted by molar-refractivity contribution is 0.166. The Kier molecular flexibility index (Phi) is 4.34. The van der Waals surface area contributed by atoms with E-state index < -0.39 is 0 Å². The van der Waals surface area contributed by atoms with Crippen molar-refractivity contribution in [2.45, 2.75) is 25.4 Å². The largest absolute Gasteiger partial charge is 0.394 e. The molecule has 1 atom stereocenters. The summed E-state index contributed by atoms with van der Waals surface area (Å²) in [6.07, 6.45) is 5.14. The zero-order chi connectivity index (χ0) is 15.4. The number of rotatable bonds is 4. The molecule has 3 rings (SSSR count). The number of nitrogens with one attached hydrogen (secondary N) is 1. The van der Waals surface area contributed by atoms with Crippen LogP contribution in [0, 0.1) is 0 Å². The number of aliphatic hydroxyl groups is 1. The normalized spacial score (nSPS) is 17.7. The number of amides is 2. The van der Waals surface area contributed by atoms with Gasteiger partial charge >= 0.3 is 6.03 Å². The third-order valence-corrected chi connectivity index (χ3v) is 3.84. The molecule has 1 fully saturated rings. The molecule has 2 aromatic heterocycles. The third kappa shape index (κ3) is 3.09. The second-order valence-corrected chi connectivity index (χ2v) is 5.30. The number of pyridine rings is 1. The molecular weight excluding hydrogens is 282 g/mol. The van der Waals surface area contributed by atoms with Crippen LogP contribution >= 0.6 is 0 Å². The maximum atomic E-state index is 12.3. The number of nitrogens with zero attached hydrogens (tertiary/aromatic N) is 4. The van der Waals surface area contributed by atoms with Crippen molar-refractivity contribution in [2.24, 2.45) is 0 Å². The van der Waals surface area contributed by atoms with Crippen LogP contribution in [0.4, 0.5) is 10.6 Å². The molecule has 0 bridgehead atoms. The minimum atomic E-state index is -0.195. The van der Waals surface area contributed by atoms with Crippen molar-refractivity contribution in [1.29, 1.82) is 0 Å². The number of hydrogen-bond acceptors (Lipinski definition) is 4. The molecular formula is C15H19N5O2. The first-order chi connectivity index (χ1) is 10.8. The summed E-state index contributed by atoms with van der Waals surface area (Å²) in [7, 11) is 0. The van der Waals surface area contributed by atoms with Gasteiger partial charge in [-0.15, -0.1) is 0 Å². The van der Waals surface area contributed by atoms with Gasteiger partial charge in [-0.3, -0.25) is 10.3 Å². The summed E-state index contributed by atoms with van der Waals surface area (Å²) in [5.41, 5.74) is 0.871. The Morgan fingerprint density at radius 1 is 1.36 bits per heavy atom. The van der Waals surface area contributed by atoms with Gasteiger partial charge in [0.1, 0.15) is 5.82 Å². The van der Waals surface area contributed by atoms with E-state index in [4.69, 9.17) is 0 Å². The second kappa shape index (κ2) is 6.57. The molecule has 1 aliphatic rings. The molecule has 0 aliphatic carbocycles. The van der Waals surface area contributed by atoms with Crippen molar-refractivity contribution in [1.82, 2.24) is 19.7 Å². The molecule has 2 amide bonds. The maximum absolute atomic E-state index is 12.3. The van der Waals surface area contributed by atoms with Crippen LogP contribution in [0.1, 0.15) is 18.5 Å². The summed E-state index contributed by atoms with van der Waals surface area (Å²) in [6, 6.07) is 7.16. The van der Waals surface area contributed by atoms with Gasteiger partial charge in [0.05, 0.1) is 31.1 Å². The average Bonchev–Trinajstić information content (AvgIpc) is 3.18. The minimum absolute atomic E-state index is 0.000612. The van der Waals surface area contributed by atoms with E-state index in [1.54, 1.807) is 28.0 Å². The Morgan fingerprint density at radius 3 is 3.05 bits per heavy atom. The standard InChI is InChI=1S/C15H19N5O2/c21-11-13-5-3-9-19(13)15(22)18-14-6-8-17-20(14)10-12-4-1-2-7-16-12/h1-2,4,6-8,13,21H,3,5,9-11H2,(H,18,22)/t13-/m1/s1. The van der Waals surface area contributed by atoms with Crippen LogP contribution in [-0.4, -0.2) is 50.0 Å². The predicted octanol–water partition coefficient (Wildman–Crippen LogP) is 1.31. The van der Waals surface area contributed by atoms with E-state index in [0.29, 0.717) is 18.9 Å². The van der Waals surface area contributed by atoms with Crippen LogP contribution < -0.4 is 5.32 Å². The van der Waals surface area contributed by atoms with Crippen molar-refractivity contribution < 1.29 is 9.90 Å². The van der Waals surface area contributed by atoms with E-state index in [2.05, 4.69) is 15.4 Å². The SMILES string of the molecule is O=C(Nc1ccnn1Cc1ccccn1)N1CCC[C@@H]1CO. The van der Waals surface area contributed by atoms with Gasteiger partial charge in [0.25, 0.3) is 0 Å². The minimum Gasteiger partial charge on any atom is -0.394 e. The molecule has 1 aliphatic heterocycles. The fraction of sp³-hybridized carbons (Fsp3) is 0.400. The smallest absolute Gasteiger partial charge is 0.323 e. The number of likely N-dealkylation sites (tertiary alicyclic amines) is 1. The van der Waals surface area contributed by atoms with Gasteiger partial charge in [-0.05, 0) is 25.0 Å². The summed E-state index contributed by atoms with van der Waals surface area (Å²) in [6.45, 7) is 1.17. The van der Waals surface area contributed by atoms with E-state index in [9.17, 15) is 9.90 Å². The molecule has 0 saturated carbocycles. The van der Waals surface area contributed by atoms with Gasteiger partial charge in [-0.2, -0.15) is 5.10 Å². The second-order valence-electron chi connectivity index (χ2n) is 5.30. The maximum Gasteiger partial charge on any atom is 0.323 e. The first-order valence-electron chi connectivity index (χ1n) is 7.38. The quantitative estimate of drug-likeness (QED) is 0.892. The van der Waals surface area contributed by atoms with Crippen LogP contribution in [0.2, 0.25) is 0 Å². The number of carbonyl (C=O) groups is 1. The summed E-state index contributed by atoms with van der Waals surface area (Å²) < 4.78 is 1.70. The molecule has 1 saturated heterocycles. The van der Waals surface area contributed by atoms with Crippen molar-refractivity contribution in [3.8, 4) is 0 Å². The molecule has 3 heterocycles. The average molecular weight is 301 g/mol. The topological polar surface area (TPSA) is 83.3 Å². The van der Waals surface area contributed by atoms with Crippen LogP contribution in [-0.2, 0) is 6.54 Å². The first kappa shape index (κ1) is 14.5. The highest BCUT2D eigenvalue weighted by molar-refractivity contribution is 5.88. The van der Waals surface area contributed by atoms with E-state index in [1.807, 2.05) is 18.2 Å². The lowest BCUT2D eigenvalue weighted by Crippen LogP contribution is -2.40. The van der Waals surface area contributed by atoms with Crippen LogP contribution in [0.25, 0.3) is 0 Å². The Labute approximate surface area is 128 Å². The van der Waals surface area contributed by atoms with Crippen LogP contribution in [0.5, 0.6) is 0 Å². The number of hydrogen-bond donors (Lipinski definition) is 2. The molecule has 2 N–H and O–H groups in total. The number of carbonyl (C=O) groups excluding carboxylic acids is 1. The Bertz CT molecular complexity index is 628. The zero-order valence-electron chi connectivity index (χ0n) is 12.2. The van der Waals surface area contributed by atoms with Gasteiger partial charge in [-0.25, -0.2) is 9.48 Å². The van der Waals surface area contributed by atoms with E-state index in [1.165, 1.54) is 0 Å². The lowest BCUT2D eigenvalue weighted by atomic mass is 10.2. The monoisotopic (exact) mass is 301 g/mol. The number of anilines is 1. The highest BCUT2D eigenvalue weighted by Gasteiger charge is 2.28. The Balaban J connectivity index is 1.68. The Morgan fingerprint density at radius 2 is 2.27 bits per heavy atom. The molecule has 22 heavy (non-hydrogen) atoms. The summed E-state index contributed by atoms with van der Waals surface area (Å²) in [5, 5.41) is 16.4. The molecule has 2 aromatic rings. The predicted molar refractivity (Wildman–Crippen MR) is 81.4 cm³/mol. The van der Waals surface area contributed by atoms with Gasteiger partial charge in [0.15, 0.2) is 0 Å². The number of aliphatic hydroxyl groups excluding tert-OH is 1. The third-order valence-electron chi connectivity index (χ3n) is 3.84. The lowest BCUT2D eigenvalue weighted by Gasteiger charge is -2.23. The van der Waals surface area contributed by atoms with Crippen LogP contribution in [0.3, 0.4) is 0 Å². The molecule has 7 nitrogen and oxygen atoms in total. The fourth-order valence-electron chi connectivity index (χ4n) is 2.68. The molecule has 7 heteroatoms. The molecule has 116 valence electrons. The molecule has 0 unspecified atom stereocenters. The van der Waals surface area contributed by atoms with Gasteiger partial charge in [0.2, 0.25) is 0 Å². The summed E-state index contributed by atoms with van der Waals surface area (Å²) in [4.78, 5) is 18.3. The highest BCUT2D eigenvalue weighted by atomic mass is 16.3. The molecule has 0 spiro atoms. The molecule has 0 aromatic carbocycles. The van der Waals surface area contributed by atoms with Crippen molar-refractivity contribution in [2.75, 3.05) is 18.5 Å². The van der Waals surface area contributed by atoms with Gasteiger partial charge in [-0.1, -0.05) is 6.07 Å². The summed E-state index contributed by atoms with van der Waals surface area (Å²) in [5.74, 6) is 0.624.